The van der Waals surface area contributed by atoms with Crippen molar-refractivity contribution in [3.8, 4) is 22.8 Å². The lowest BCUT2D eigenvalue weighted by molar-refractivity contribution is 0.260. The number of benzene rings is 2. The van der Waals surface area contributed by atoms with E-state index in [2.05, 4.69) is 16.5 Å². The number of anilines is 1. The van der Waals surface area contributed by atoms with Gasteiger partial charge in [0.05, 0.1) is 29.3 Å². The molecule has 4 aromatic rings. The van der Waals surface area contributed by atoms with Crippen LogP contribution < -0.4 is 10.5 Å². The van der Waals surface area contributed by atoms with Crippen molar-refractivity contribution >= 4 is 28.2 Å². The Hall–Kier alpha value is -3.40. The molecule has 2 aromatic carbocycles. The van der Waals surface area contributed by atoms with E-state index in [9.17, 15) is 4.55 Å². The van der Waals surface area contributed by atoms with Gasteiger partial charge < -0.3 is 15.0 Å². The summed E-state index contributed by atoms with van der Waals surface area (Å²) in [6.45, 7) is 5.03. The fourth-order valence-electron chi connectivity index (χ4n) is 4.15. The molecule has 2 atom stereocenters. The molecule has 168 valence electrons. The summed E-state index contributed by atoms with van der Waals surface area (Å²) in [4.78, 5) is 8.70. The highest BCUT2D eigenvalue weighted by Gasteiger charge is 2.30. The minimum Gasteiger partial charge on any atom is -0.593 e. The van der Waals surface area contributed by atoms with Crippen molar-refractivity contribution in [1.29, 1.82) is 0 Å². The number of hydrogen-bond acceptors (Lipinski definition) is 7. The minimum atomic E-state index is -1.21. The lowest BCUT2D eigenvalue weighted by Gasteiger charge is -2.31. The molecule has 0 aliphatic carbocycles. The zero-order valence-corrected chi connectivity index (χ0v) is 18.8. The van der Waals surface area contributed by atoms with Crippen molar-refractivity contribution in [3.05, 3.63) is 72.9 Å². The van der Waals surface area contributed by atoms with E-state index in [-0.39, 0.29) is 6.04 Å². The first-order chi connectivity index (χ1) is 16.1. The summed E-state index contributed by atoms with van der Waals surface area (Å²) in [5.74, 6) is 1.89. The van der Waals surface area contributed by atoms with Gasteiger partial charge in [0.15, 0.2) is 5.65 Å². The van der Waals surface area contributed by atoms with E-state index in [1.165, 1.54) is 11.7 Å². The largest absolute Gasteiger partial charge is 0.593 e. The van der Waals surface area contributed by atoms with E-state index >= 15 is 0 Å². The highest BCUT2D eigenvalue weighted by atomic mass is 32.2. The first-order valence-electron chi connectivity index (χ1n) is 10.7. The predicted molar refractivity (Wildman–Crippen MR) is 130 cm³/mol. The molecule has 0 amide bonds. The third-order valence-electron chi connectivity index (χ3n) is 5.73. The summed E-state index contributed by atoms with van der Waals surface area (Å²) in [6, 6.07) is 17.4. The van der Waals surface area contributed by atoms with Crippen molar-refractivity contribution in [1.82, 2.24) is 24.1 Å². The Bertz CT molecular complexity index is 1260. The topological polar surface area (TPSA) is 105 Å². The Balaban J connectivity index is 1.49. The highest BCUT2D eigenvalue weighted by molar-refractivity contribution is 7.92. The quantitative estimate of drug-likeness (QED) is 0.427. The number of nitrogens with two attached hydrogens (primary N) is 1. The number of hydrogen-bond donors (Lipinski definition) is 1. The summed E-state index contributed by atoms with van der Waals surface area (Å²) < 4.78 is 22.0. The number of para-hydroxylation sites is 1. The number of nitrogens with zero attached hydrogens (tertiary/aromatic N) is 5. The molecule has 1 saturated heterocycles. The van der Waals surface area contributed by atoms with Crippen LogP contribution in [0.2, 0.25) is 0 Å². The number of rotatable bonds is 6. The lowest BCUT2D eigenvalue weighted by Crippen LogP contribution is -2.40. The molecule has 0 bridgehead atoms. The first-order valence-corrected chi connectivity index (χ1v) is 11.9. The fourth-order valence-corrected chi connectivity index (χ4v) is 4.99. The van der Waals surface area contributed by atoms with Gasteiger partial charge in [-0.15, -0.1) is 4.31 Å². The second-order valence-electron chi connectivity index (χ2n) is 7.82. The van der Waals surface area contributed by atoms with Crippen LogP contribution in [-0.2, 0) is 11.4 Å². The second kappa shape index (κ2) is 9.22. The number of aromatic nitrogens is 4. The molecular weight excluding hydrogens is 436 g/mol. The molecule has 1 aliphatic rings. The van der Waals surface area contributed by atoms with Crippen molar-refractivity contribution in [2.75, 3.05) is 18.8 Å². The van der Waals surface area contributed by atoms with Crippen LogP contribution in [0.4, 0.5) is 5.82 Å². The second-order valence-corrected chi connectivity index (χ2v) is 9.22. The Morgan fingerprint density at radius 1 is 1.09 bits per heavy atom. The van der Waals surface area contributed by atoms with E-state index in [1.54, 1.807) is 0 Å². The van der Waals surface area contributed by atoms with Gasteiger partial charge in [-0.1, -0.05) is 18.2 Å². The summed E-state index contributed by atoms with van der Waals surface area (Å²) in [6.07, 6.45) is 3.28. The zero-order valence-electron chi connectivity index (χ0n) is 18.0. The van der Waals surface area contributed by atoms with E-state index in [0.29, 0.717) is 18.0 Å². The lowest BCUT2D eigenvalue weighted by atomic mass is 10.1. The third-order valence-corrected chi connectivity index (χ3v) is 6.85. The van der Waals surface area contributed by atoms with Crippen LogP contribution >= 0.6 is 0 Å². The van der Waals surface area contributed by atoms with Crippen LogP contribution in [0, 0.1) is 0 Å². The molecule has 1 fully saturated rings. The molecule has 0 saturated carbocycles. The predicted octanol–water partition coefficient (Wildman–Crippen LogP) is 4.31. The summed E-state index contributed by atoms with van der Waals surface area (Å²) in [5.41, 5.74) is 8.55. The normalized spacial score (nSPS) is 17.7. The number of piperidine rings is 1. The first kappa shape index (κ1) is 21.4. The molecule has 33 heavy (non-hydrogen) atoms. The Kier molecular flexibility index (Phi) is 5.99. The number of fused-ring (bicyclic) bond motifs is 1. The van der Waals surface area contributed by atoms with E-state index in [0.717, 1.165) is 47.5 Å². The van der Waals surface area contributed by atoms with Gasteiger partial charge in [0.2, 0.25) is 0 Å². The van der Waals surface area contributed by atoms with Crippen LogP contribution in [0.15, 0.2) is 72.9 Å². The van der Waals surface area contributed by atoms with Crippen LogP contribution in [0.3, 0.4) is 0 Å². The molecule has 0 radical (unpaired) electrons. The van der Waals surface area contributed by atoms with E-state index in [4.69, 9.17) is 15.6 Å². The molecule has 0 spiro atoms. The summed E-state index contributed by atoms with van der Waals surface area (Å²) >= 11 is -1.21. The van der Waals surface area contributed by atoms with Gasteiger partial charge in [0.25, 0.3) is 0 Å². The van der Waals surface area contributed by atoms with Crippen molar-refractivity contribution < 1.29 is 9.29 Å². The van der Waals surface area contributed by atoms with Gasteiger partial charge in [0.1, 0.15) is 34.7 Å². The van der Waals surface area contributed by atoms with Crippen LogP contribution in [0.1, 0.15) is 18.9 Å². The van der Waals surface area contributed by atoms with Gasteiger partial charge in [0, 0.05) is 12.1 Å². The molecule has 2 aromatic heterocycles. The molecule has 1 aliphatic heterocycles. The maximum atomic E-state index is 12.3. The van der Waals surface area contributed by atoms with Crippen LogP contribution in [0.25, 0.3) is 22.3 Å². The van der Waals surface area contributed by atoms with Gasteiger partial charge in [-0.2, -0.15) is 5.10 Å². The fraction of sp³-hybridized carbons (Fsp3) is 0.208. The monoisotopic (exact) mass is 460 g/mol. The highest BCUT2D eigenvalue weighted by Crippen LogP contribution is 2.35. The van der Waals surface area contributed by atoms with E-state index < -0.39 is 11.4 Å². The standard InChI is InChI=1S/C24H24N6O2S/c1-2-33(31)29-14-6-7-18(15-29)30-24-21(23(25)26-16-27-24)22(28-30)17-10-12-20(13-11-17)32-19-8-4-3-5-9-19/h2-5,8-13,16,18H,1,6-7,14-15H2,(H2,25,26,27). The van der Waals surface area contributed by atoms with Crippen molar-refractivity contribution in [2.24, 2.45) is 0 Å². The molecule has 2 N–H and O–H groups in total. The Labute approximate surface area is 195 Å². The minimum absolute atomic E-state index is 0.0221. The SMILES string of the molecule is C=C[S+]([O-])N1CCCC(n2nc(-c3ccc(Oc4ccccc4)cc3)c3c(N)ncnc32)C1. The maximum Gasteiger partial charge on any atom is 0.164 e. The average Bonchev–Trinajstić information content (AvgIpc) is 3.26. The smallest absolute Gasteiger partial charge is 0.164 e. The average molecular weight is 461 g/mol. The Morgan fingerprint density at radius 3 is 2.61 bits per heavy atom. The van der Waals surface area contributed by atoms with Crippen LogP contribution in [0.5, 0.6) is 11.5 Å². The van der Waals surface area contributed by atoms with Crippen molar-refractivity contribution in [2.45, 2.75) is 18.9 Å². The van der Waals surface area contributed by atoms with Crippen LogP contribution in [-0.4, -0.2) is 41.7 Å². The molecule has 8 nitrogen and oxygen atoms in total. The van der Waals surface area contributed by atoms with Gasteiger partial charge in [-0.3, -0.25) is 0 Å². The zero-order chi connectivity index (χ0) is 22.8. The number of ether oxygens (including phenoxy) is 1. The van der Waals surface area contributed by atoms with Gasteiger partial charge >= 0.3 is 0 Å². The van der Waals surface area contributed by atoms with E-state index in [1.807, 2.05) is 63.6 Å². The summed E-state index contributed by atoms with van der Waals surface area (Å²) in [7, 11) is 0. The molecule has 3 heterocycles. The maximum absolute atomic E-state index is 12.3. The van der Waals surface area contributed by atoms with Gasteiger partial charge in [-0.25, -0.2) is 14.6 Å². The molecule has 5 rings (SSSR count). The number of nitrogen functional groups attached to an aromatic ring is 1. The molecule has 9 heteroatoms. The molecule has 2 unspecified atom stereocenters. The third kappa shape index (κ3) is 4.30. The Morgan fingerprint density at radius 2 is 1.85 bits per heavy atom. The summed E-state index contributed by atoms with van der Waals surface area (Å²) in [5, 5.41) is 7.10. The van der Waals surface area contributed by atoms with Crippen molar-refractivity contribution in [3.63, 3.8) is 0 Å². The molecular formula is C24H24N6O2S. The van der Waals surface area contributed by atoms with Gasteiger partial charge in [-0.05, 0) is 55.8 Å².